The minimum absolute atomic E-state index is 0.0469. The van der Waals surface area contributed by atoms with E-state index < -0.39 is 0 Å². The van der Waals surface area contributed by atoms with Crippen molar-refractivity contribution in [2.45, 2.75) is 27.3 Å². The molecule has 1 rings (SSSR count). The molecule has 3 nitrogen and oxygen atoms in total. The van der Waals surface area contributed by atoms with Crippen LogP contribution in [0.1, 0.15) is 18.2 Å². The molecule has 70 valence electrons. The lowest BCUT2D eigenvalue weighted by molar-refractivity contribution is 0.736. The summed E-state index contributed by atoms with van der Waals surface area (Å²) < 4.78 is 1.60. The summed E-state index contributed by atoms with van der Waals surface area (Å²) in [5.74, 6) is 0. The zero-order valence-corrected chi connectivity index (χ0v) is 8.24. The molecule has 0 aromatic carbocycles. The van der Waals surface area contributed by atoms with Crippen LogP contribution in [0.2, 0.25) is 0 Å². The van der Waals surface area contributed by atoms with Crippen molar-refractivity contribution in [3.63, 3.8) is 0 Å². The summed E-state index contributed by atoms with van der Waals surface area (Å²) in [6, 6.07) is 0. The van der Waals surface area contributed by atoms with Crippen LogP contribution in [0.25, 0.3) is 0 Å². The van der Waals surface area contributed by atoms with Crippen molar-refractivity contribution < 1.29 is 0 Å². The van der Waals surface area contributed by atoms with E-state index in [4.69, 9.17) is 0 Å². The Kier molecular flexibility index (Phi) is 3.01. The van der Waals surface area contributed by atoms with E-state index in [0.29, 0.717) is 6.54 Å². The second-order valence-electron chi connectivity index (χ2n) is 2.98. The smallest absolute Gasteiger partial charge is 0.256 e. The number of aryl methyl sites for hydroxylation is 1. The van der Waals surface area contributed by atoms with E-state index in [1.54, 1.807) is 17.8 Å². The predicted octanol–water partition coefficient (Wildman–Crippen LogP) is 1.44. The summed E-state index contributed by atoms with van der Waals surface area (Å²) in [6.45, 7) is 6.18. The van der Waals surface area contributed by atoms with Gasteiger partial charge in [0, 0.05) is 17.8 Å². The Morgan fingerprint density at radius 2 is 2.23 bits per heavy atom. The maximum Gasteiger partial charge on any atom is 0.256 e. The third-order valence-electron chi connectivity index (χ3n) is 2.05. The van der Waals surface area contributed by atoms with Crippen molar-refractivity contribution in [3.8, 4) is 0 Å². The predicted molar refractivity (Wildman–Crippen MR) is 52.8 cm³/mol. The van der Waals surface area contributed by atoms with Gasteiger partial charge in [0.15, 0.2) is 0 Å². The van der Waals surface area contributed by atoms with Gasteiger partial charge in [-0.3, -0.25) is 9.36 Å². The van der Waals surface area contributed by atoms with E-state index >= 15 is 0 Å². The number of hydrogen-bond acceptors (Lipinski definition) is 2. The van der Waals surface area contributed by atoms with Crippen molar-refractivity contribution in [1.29, 1.82) is 0 Å². The van der Waals surface area contributed by atoms with Crippen LogP contribution >= 0.6 is 0 Å². The average Bonchev–Trinajstić information content (AvgIpc) is 2.13. The van der Waals surface area contributed by atoms with E-state index in [1.807, 2.05) is 26.0 Å². The van der Waals surface area contributed by atoms with E-state index in [0.717, 1.165) is 11.3 Å². The third-order valence-corrected chi connectivity index (χ3v) is 2.05. The minimum Gasteiger partial charge on any atom is -0.295 e. The van der Waals surface area contributed by atoms with Crippen LogP contribution in [-0.2, 0) is 6.54 Å². The standard InChI is InChI=1S/C10H14N2O/c1-4-5-6-12-7-11-9(3)8(2)10(12)13/h4-5,7H,6H2,1-3H3/b5-4+. The zero-order valence-electron chi connectivity index (χ0n) is 8.24. The third kappa shape index (κ3) is 2.05. The summed E-state index contributed by atoms with van der Waals surface area (Å²) in [7, 11) is 0. The highest BCUT2D eigenvalue weighted by atomic mass is 16.1. The molecule has 0 aliphatic carbocycles. The molecule has 0 saturated carbocycles. The van der Waals surface area contributed by atoms with Crippen molar-refractivity contribution in [1.82, 2.24) is 9.55 Å². The topological polar surface area (TPSA) is 34.9 Å². The lowest BCUT2D eigenvalue weighted by atomic mass is 10.3. The van der Waals surface area contributed by atoms with Crippen LogP contribution in [0.15, 0.2) is 23.3 Å². The molecular formula is C10H14N2O. The first-order chi connectivity index (χ1) is 6.16. The van der Waals surface area contributed by atoms with Crippen LogP contribution in [0.3, 0.4) is 0 Å². The molecule has 0 fully saturated rings. The van der Waals surface area contributed by atoms with E-state index in [-0.39, 0.29) is 5.56 Å². The lowest BCUT2D eigenvalue weighted by Crippen LogP contribution is -2.23. The maximum atomic E-state index is 11.6. The Bertz CT molecular complexity index is 377. The molecule has 13 heavy (non-hydrogen) atoms. The van der Waals surface area contributed by atoms with Gasteiger partial charge in [-0.25, -0.2) is 4.98 Å². The summed E-state index contributed by atoms with van der Waals surface area (Å²) in [4.78, 5) is 15.7. The van der Waals surface area contributed by atoms with Crippen LogP contribution in [0.4, 0.5) is 0 Å². The van der Waals surface area contributed by atoms with E-state index in [1.165, 1.54) is 0 Å². The van der Waals surface area contributed by atoms with Crippen molar-refractivity contribution in [2.75, 3.05) is 0 Å². The van der Waals surface area contributed by atoms with E-state index in [9.17, 15) is 4.79 Å². The molecule has 0 spiro atoms. The molecule has 0 bridgehead atoms. The molecule has 0 atom stereocenters. The molecule has 0 N–H and O–H groups in total. The molecule has 0 aliphatic rings. The normalized spacial score (nSPS) is 11.0. The molecule has 0 amide bonds. The quantitative estimate of drug-likeness (QED) is 0.642. The zero-order chi connectivity index (χ0) is 9.84. The summed E-state index contributed by atoms with van der Waals surface area (Å²) in [5.41, 5.74) is 1.58. The Morgan fingerprint density at radius 3 is 2.85 bits per heavy atom. The number of nitrogens with zero attached hydrogens (tertiary/aromatic N) is 2. The van der Waals surface area contributed by atoms with Gasteiger partial charge in [-0.2, -0.15) is 0 Å². The fourth-order valence-corrected chi connectivity index (χ4v) is 1.02. The molecule has 1 aromatic rings. The van der Waals surface area contributed by atoms with Crippen LogP contribution in [-0.4, -0.2) is 9.55 Å². The molecular weight excluding hydrogens is 164 g/mol. The fraction of sp³-hybridized carbons (Fsp3) is 0.400. The highest BCUT2D eigenvalue weighted by Crippen LogP contribution is 1.94. The number of hydrogen-bond donors (Lipinski definition) is 0. The highest BCUT2D eigenvalue weighted by molar-refractivity contribution is 5.12. The van der Waals surface area contributed by atoms with Gasteiger partial charge >= 0.3 is 0 Å². The number of allylic oxidation sites excluding steroid dienone is 2. The van der Waals surface area contributed by atoms with Crippen molar-refractivity contribution in [2.24, 2.45) is 0 Å². The molecule has 0 aliphatic heterocycles. The average molecular weight is 178 g/mol. The summed E-state index contributed by atoms with van der Waals surface area (Å²) in [6.07, 6.45) is 5.43. The molecule has 0 saturated heterocycles. The van der Waals surface area contributed by atoms with Gasteiger partial charge in [-0.1, -0.05) is 12.2 Å². The van der Waals surface area contributed by atoms with Gasteiger partial charge in [-0.05, 0) is 20.8 Å². The molecule has 3 heteroatoms. The Hall–Kier alpha value is -1.38. The first kappa shape index (κ1) is 9.71. The molecule has 0 unspecified atom stereocenters. The van der Waals surface area contributed by atoms with Crippen molar-refractivity contribution >= 4 is 0 Å². The molecule has 1 heterocycles. The van der Waals surface area contributed by atoms with Gasteiger partial charge in [-0.15, -0.1) is 0 Å². The summed E-state index contributed by atoms with van der Waals surface area (Å²) in [5, 5.41) is 0. The highest BCUT2D eigenvalue weighted by Gasteiger charge is 2.01. The fourth-order valence-electron chi connectivity index (χ4n) is 1.02. The van der Waals surface area contributed by atoms with Gasteiger partial charge in [0.1, 0.15) is 0 Å². The minimum atomic E-state index is 0.0469. The Morgan fingerprint density at radius 1 is 1.54 bits per heavy atom. The monoisotopic (exact) mass is 178 g/mol. The van der Waals surface area contributed by atoms with Crippen LogP contribution in [0, 0.1) is 13.8 Å². The first-order valence-corrected chi connectivity index (χ1v) is 4.30. The molecule has 0 radical (unpaired) electrons. The maximum absolute atomic E-state index is 11.6. The van der Waals surface area contributed by atoms with Crippen molar-refractivity contribution in [3.05, 3.63) is 40.1 Å². The summed E-state index contributed by atoms with van der Waals surface area (Å²) >= 11 is 0. The first-order valence-electron chi connectivity index (χ1n) is 4.30. The van der Waals surface area contributed by atoms with Crippen LogP contribution in [0.5, 0.6) is 0 Å². The second-order valence-corrected chi connectivity index (χ2v) is 2.98. The van der Waals surface area contributed by atoms with Crippen LogP contribution < -0.4 is 5.56 Å². The SMILES string of the molecule is C/C=C/Cn1cnc(C)c(C)c1=O. The number of rotatable bonds is 2. The van der Waals surface area contributed by atoms with Gasteiger partial charge in [0.2, 0.25) is 0 Å². The lowest BCUT2D eigenvalue weighted by Gasteiger charge is -2.03. The van der Waals surface area contributed by atoms with Gasteiger partial charge in [0.25, 0.3) is 5.56 Å². The van der Waals surface area contributed by atoms with Gasteiger partial charge < -0.3 is 0 Å². The Labute approximate surface area is 77.7 Å². The molecule has 1 aromatic heterocycles. The largest absolute Gasteiger partial charge is 0.295 e. The van der Waals surface area contributed by atoms with E-state index in [2.05, 4.69) is 4.98 Å². The second kappa shape index (κ2) is 4.03. The number of aromatic nitrogens is 2. The van der Waals surface area contributed by atoms with Gasteiger partial charge in [0.05, 0.1) is 6.33 Å². The Balaban J connectivity index is 3.11.